The van der Waals surface area contributed by atoms with Gasteiger partial charge in [0.2, 0.25) is 0 Å². The highest BCUT2D eigenvalue weighted by atomic mass is 15.4. The monoisotopic (exact) mass is 216 g/mol. The molecular formula is C11H28N4. The lowest BCUT2D eigenvalue weighted by molar-refractivity contribution is 0.0699. The van der Waals surface area contributed by atoms with Crippen LogP contribution in [0.1, 0.15) is 13.8 Å². The van der Waals surface area contributed by atoms with Crippen LogP contribution in [0.5, 0.6) is 0 Å². The van der Waals surface area contributed by atoms with E-state index in [1.165, 1.54) is 0 Å². The molecule has 4 heteroatoms. The molecule has 0 aliphatic heterocycles. The van der Waals surface area contributed by atoms with Gasteiger partial charge in [-0.2, -0.15) is 0 Å². The fourth-order valence-electron chi connectivity index (χ4n) is 1.57. The first kappa shape index (κ1) is 14.8. The van der Waals surface area contributed by atoms with Gasteiger partial charge in [0.1, 0.15) is 0 Å². The summed E-state index contributed by atoms with van der Waals surface area (Å²) < 4.78 is 0. The van der Waals surface area contributed by atoms with Crippen LogP contribution >= 0.6 is 0 Å². The van der Waals surface area contributed by atoms with E-state index in [0.29, 0.717) is 0 Å². The lowest BCUT2D eigenvalue weighted by Gasteiger charge is -2.32. The molecule has 0 amide bonds. The number of nitrogens with zero attached hydrogens (tertiary/aromatic N) is 4. The molecule has 0 saturated carbocycles. The maximum Gasteiger partial charge on any atom is 0.0529 e. The smallest absolute Gasteiger partial charge is 0.0529 e. The summed E-state index contributed by atoms with van der Waals surface area (Å²) in [5.74, 6) is 0. The van der Waals surface area contributed by atoms with E-state index in [9.17, 15) is 0 Å². The molecule has 0 aromatic carbocycles. The molecule has 0 aliphatic rings. The lowest BCUT2D eigenvalue weighted by atomic mass is 10.5. The summed E-state index contributed by atoms with van der Waals surface area (Å²) in [6.07, 6.45) is 0. The van der Waals surface area contributed by atoms with Crippen molar-refractivity contribution in [3.8, 4) is 0 Å². The molecule has 4 nitrogen and oxygen atoms in total. The van der Waals surface area contributed by atoms with Gasteiger partial charge in [0.25, 0.3) is 0 Å². The van der Waals surface area contributed by atoms with E-state index >= 15 is 0 Å². The van der Waals surface area contributed by atoms with Crippen molar-refractivity contribution in [1.82, 2.24) is 19.6 Å². The zero-order valence-corrected chi connectivity index (χ0v) is 11.3. The van der Waals surface area contributed by atoms with Crippen LogP contribution in [0.15, 0.2) is 0 Å². The van der Waals surface area contributed by atoms with Crippen LogP contribution in [-0.2, 0) is 0 Å². The molecular weight excluding hydrogens is 188 g/mol. The Hall–Kier alpha value is -0.160. The van der Waals surface area contributed by atoms with Gasteiger partial charge in [-0.15, -0.1) is 0 Å². The minimum atomic E-state index is 1.03. The first-order valence-corrected chi connectivity index (χ1v) is 5.73. The van der Waals surface area contributed by atoms with Gasteiger partial charge < -0.3 is 0 Å². The van der Waals surface area contributed by atoms with Crippen molar-refractivity contribution in [3.05, 3.63) is 0 Å². The summed E-state index contributed by atoms with van der Waals surface area (Å²) in [5, 5.41) is 0. The molecule has 92 valence electrons. The van der Waals surface area contributed by atoms with Crippen molar-refractivity contribution in [2.45, 2.75) is 13.8 Å². The van der Waals surface area contributed by atoms with Gasteiger partial charge in [0.15, 0.2) is 0 Å². The molecule has 0 rings (SSSR count). The highest BCUT2D eigenvalue weighted by molar-refractivity contribution is 4.56. The summed E-state index contributed by atoms with van der Waals surface area (Å²) in [6.45, 7) is 9.73. The van der Waals surface area contributed by atoms with E-state index in [2.05, 4.69) is 61.6 Å². The topological polar surface area (TPSA) is 13.0 Å². The third-order valence-corrected chi connectivity index (χ3v) is 2.26. The Morgan fingerprint density at radius 1 is 0.600 bits per heavy atom. The normalized spacial score (nSPS) is 12.4. The third-order valence-electron chi connectivity index (χ3n) is 2.26. The van der Waals surface area contributed by atoms with Crippen molar-refractivity contribution in [3.63, 3.8) is 0 Å². The van der Waals surface area contributed by atoms with Gasteiger partial charge in [0.05, 0.1) is 20.0 Å². The molecule has 0 fully saturated rings. The maximum absolute atomic E-state index is 2.44. The molecule has 0 bridgehead atoms. The van der Waals surface area contributed by atoms with Crippen molar-refractivity contribution < 1.29 is 0 Å². The molecule has 0 N–H and O–H groups in total. The predicted molar refractivity (Wildman–Crippen MR) is 66.7 cm³/mol. The molecule has 0 saturated heterocycles. The van der Waals surface area contributed by atoms with E-state index in [0.717, 1.165) is 33.1 Å². The zero-order chi connectivity index (χ0) is 11.8. The van der Waals surface area contributed by atoms with Crippen LogP contribution in [-0.4, -0.2) is 80.9 Å². The van der Waals surface area contributed by atoms with Gasteiger partial charge in [-0.3, -0.25) is 19.6 Å². The first-order valence-electron chi connectivity index (χ1n) is 5.73. The molecule has 0 aromatic rings. The summed E-state index contributed by atoms with van der Waals surface area (Å²) in [6, 6.07) is 0. The summed E-state index contributed by atoms with van der Waals surface area (Å²) in [7, 11) is 8.46. The van der Waals surface area contributed by atoms with Crippen LogP contribution < -0.4 is 0 Å². The molecule has 15 heavy (non-hydrogen) atoms. The Labute approximate surface area is 95.4 Å². The quantitative estimate of drug-likeness (QED) is 0.552. The Kier molecular flexibility index (Phi) is 7.96. The van der Waals surface area contributed by atoms with Gasteiger partial charge in [-0.25, -0.2) is 0 Å². The average molecular weight is 216 g/mol. The van der Waals surface area contributed by atoms with Crippen molar-refractivity contribution in [2.75, 3.05) is 61.3 Å². The van der Waals surface area contributed by atoms with Crippen LogP contribution in [0, 0.1) is 0 Å². The van der Waals surface area contributed by atoms with E-state index in [1.807, 2.05) is 0 Å². The summed E-state index contributed by atoms with van der Waals surface area (Å²) >= 11 is 0. The van der Waals surface area contributed by atoms with E-state index in [1.54, 1.807) is 0 Å². The standard InChI is InChI=1S/C11H28N4/c1-7-14(9-12(3)4)11-15(8-2)10-13(5)6/h7-11H2,1-6H3. The molecule has 0 heterocycles. The lowest BCUT2D eigenvalue weighted by Crippen LogP contribution is -2.45. The van der Waals surface area contributed by atoms with Crippen LogP contribution in [0.25, 0.3) is 0 Å². The molecule has 0 spiro atoms. The summed E-state index contributed by atoms with van der Waals surface area (Å²) in [5.41, 5.74) is 0. The van der Waals surface area contributed by atoms with Gasteiger partial charge in [0, 0.05) is 0 Å². The van der Waals surface area contributed by atoms with Crippen LogP contribution in [0.2, 0.25) is 0 Å². The predicted octanol–water partition coefficient (Wildman–Crippen LogP) is 0.626. The maximum atomic E-state index is 2.44. The second-order valence-electron chi connectivity index (χ2n) is 4.56. The van der Waals surface area contributed by atoms with Gasteiger partial charge in [-0.1, -0.05) is 13.8 Å². The third kappa shape index (κ3) is 7.73. The Morgan fingerprint density at radius 3 is 1.13 bits per heavy atom. The molecule has 0 unspecified atom stereocenters. The SMILES string of the molecule is CCN(CN(C)C)CN(CC)CN(C)C. The summed E-state index contributed by atoms with van der Waals surface area (Å²) in [4.78, 5) is 9.31. The Morgan fingerprint density at radius 2 is 0.933 bits per heavy atom. The minimum absolute atomic E-state index is 1.03. The molecule has 0 aliphatic carbocycles. The zero-order valence-electron chi connectivity index (χ0n) is 11.3. The van der Waals surface area contributed by atoms with E-state index in [-0.39, 0.29) is 0 Å². The van der Waals surface area contributed by atoms with Crippen LogP contribution in [0.3, 0.4) is 0 Å². The molecule has 0 aromatic heterocycles. The number of hydrogen-bond donors (Lipinski definition) is 0. The van der Waals surface area contributed by atoms with Gasteiger partial charge in [-0.05, 0) is 41.3 Å². The van der Waals surface area contributed by atoms with E-state index in [4.69, 9.17) is 0 Å². The minimum Gasteiger partial charge on any atom is -0.297 e. The van der Waals surface area contributed by atoms with Crippen LogP contribution in [0.4, 0.5) is 0 Å². The van der Waals surface area contributed by atoms with Crippen molar-refractivity contribution >= 4 is 0 Å². The fourth-order valence-corrected chi connectivity index (χ4v) is 1.57. The van der Waals surface area contributed by atoms with E-state index < -0.39 is 0 Å². The second kappa shape index (κ2) is 8.05. The fraction of sp³-hybridized carbons (Fsp3) is 1.00. The Bertz CT molecular complexity index is 132. The molecule has 0 atom stereocenters. The van der Waals surface area contributed by atoms with Gasteiger partial charge >= 0.3 is 0 Å². The Balaban J connectivity index is 3.99. The second-order valence-corrected chi connectivity index (χ2v) is 4.56. The number of hydrogen-bond acceptors (Lipinski definition) is 4. The number of rotatable bonds is 8. The first-order chi connectivity index (χ1) is 6.99. The largest absolute Gasteiger partial charge is 0.297 e. The van der Waals surface area contributed by atoms with Crippen molar-refractivity contribution in [2.24, 2.45) is 0 Å². The highest BCUT2D eigenvalue weighted by Crippen LogP contribution is 1.96. The van der Waals surface area contributed by atoms with Crippen molar-refractivity contribution in [1.29, 1.82) is 0 Å². The highest BCUT2D eigenvalue weighted by Gasteiger charge is 2.09. The molecule has 0 radical (unpaired) electrons. The average Bonchev–Trinajstić information content (AvgIpc) is 2.14.